The molecule has 0 bridgehead atoms. The average molecular weight is 869 g/mol. The van der Waals surface area contributed by atoms with Crippen LogP contribution in [0.4, 0.5) is 34.1 Å². The van der Waals surface area contributed by atoms with E-state index in [1.165, 1.54) is 76.8 Å². The fourth-order valence-electron chi connectivity index (χ4n) is 9.36. The van der Waals surface area contributed by atoms with Crippen molar-refractivity contribution in [2.45, 2.75) is 60.8 Å². The molecular weight excluding hydrogens is 809 g/mol. The third-order valence-electron chi connectivity index (χ3n) is 12.5. The van der Waals surface area contributed by atoms with Crippen molar-refractivity contribution in [3.8, 4) is 24.0 Å². The van der Waals surface area contributed by atoms with Gasteiger partial charge in [-0.1, -0.05) is 180 Å². The van der Waals surface area contributed by atoms with Gasteiger partial charge in [-0.3, -0.25) is 0 Å². The number of nitrogens with zero attached hydrogens (tertiary/aromatic N) is 2. The summed E-state index contributed by atoms with van der Waals surface area (Å²) in [6.45, 7) is 15.2. The first-order chi connectivity index (χ1) is 32.8. The molecule has 0 aliphatic carbocycles. The molecule has 1 heterocycles. The fraction of sp³-hybridized carbons (Fsp3) is 0.138. The molecule has 0 unspecified atom stereocenters. The normalized spacial score (nSPS) is 11.9. The summed E-state index contributed by atoms with van der Waals surface area (Å²) >= 11 is 0. The number of allylic oxidation sites excluding steroid dienone is 4. The highest BCUT2D eigenvalue weighted by molar-refractivity contribution is 6.10. The summed E-state index contributed by atoms with van der Waals surface area (Å²) in [6, 6.07) is 67.0. The highest BCUT2D eigenvalue weighted by Gasteiger charge is 2.30. The number of anilines is 6. The van der Waals surface area contributed by atoms with Crippen LogP contribution in [0, 0.1) is 12.8 Å². The SMILES string of the molecule is C#C.CC.CC/C=C\C(=C(C)C)c1ccc(/C=C/c2ccc3cc(-c4ccc5c(ccc6cc(N7c8ccccc8N(c8ccccc8)c8ccccc87)ccc65)c4)ccc3c2)cc1C(C)C. The van der Waals surface area contributed by atoms with E-state index in [0.717, 1.165) is 40.5 Å². The maximum absolute atomic E-state index is 4.00. The number of para-hydroxylation sites is 5. The largest absolute Gasteiger partial charge is 0.306 e. The van der Waals surface area contributed by atoms with Crippen LogP contribution in [-0.2, 0) is 0 Å². The van der Waals surface area contributed by atoms with Gasteiger partial charge in [0.15, 0.2) is 0 Å². The van der Waals surface area contributed by atoms with Crippen LogP contribution < -0.4 is 9.80 Å². The van der Waals surface area contributed by atoms with Crippen LogP contribution in [0.2, 0.25) is 0 Å². The van der Waals surface area contributed by atoms with E-state index < -0.39 is 0 Å². The molecule has 0 aromatic heterocycles. The van der Waals surface area contributed by atoms with Crippen molar-refractivity contribution in [2.24, 2.45) is 0 Å². The van der Waals surface area contributed by atoms with E-state index in [4.69, 9.17) is 0 Å². The molecule has 0 saturated heterocycles. The van der Waals surface area contributed by atoms with E-state index in [1.807, 2.05) is 13.8 Å². The quantitative estimate of drug-likeness (QED) is 0.0617. The van der Waals surface area contributed by atoms with Gasteiger partial charge in [0.25, 0.3) is 0 Å². The summed E-state index contributed by atoms with van der Waals surface area (Å²) in [5.74, 6) is 0.430. The van der Waals surface area contributed by atoms with Gasteiger partial charge in [-0.05, 0) is 164 Å². The molecule has 1 aliphatic rings. The van der Waals surface area contributed by atoms with Crippen molar-refractivity contribution < 1.29 is 0 Å². The molecule has 67 heavy (non-hydrogen) atoms. The van der Waals surface area contributed by atoms with Crippen LogP contribution in [0.3, 0.4) is 0 Å². The molecule has 0 N–H and O–H groups in total. The smallest absolute Gasteiger partial charge is 0.0703 e. The zero-order valence-electron chi connectivity index (χ0n) is 40.0. The van der Waals surface area contributed by atoms with Gasteiger partial charge in [-0.25, -0.2) is 0 Å². The van der Waals surface area contributed by atoms with E-state index in [-0.39, 0.29) is 0 Å². The first-order valence-electron chi connectivity index (χ1n) is 23.7. The van der Waals surface area contributed by atoms with Crippen LogP contribution in [0.25, 0.3) is 61.2 Å². The van der Waals surface area contributed by atoms with Crippen molar-refractivity contribution in [3.63, 3.8) is 0 Å². The minimum Gasteiger partial charge on any atom is -0.306 e. The first-order valence-corrected chi connectivity index (χ1v) is 23.7. The zero-order valence-corrected chi connectivity index (χ0v) is 40.0. The van der Waals surface area contributed by atoms with Crippen molar-refractivity contribution >= 4 is 84.2 Å². The number of hydrogen-bond donors (Lipinski definition) is 0. The highest BCUT2D eigenvalue weighted by atomic mass is 15.3. The minimum atomic E-state index is 0.430. The van der Waals surface area contributed by atoms with Crippen molar-refractivity contribution in [1.82, 2.24) is 0 Å². The van der Waals surface area contributed by atoms with E-state index in [2.05, 4.69) is 264 Å². The maximum Gasteiger partial charge on any atom is 0.0703 e. The standard InChI is InChI=1S/C61H52N2.C2H6.C2H2/c1-6-7-17-53(41(2)3)56-33-25-44(37-57(56)42(4)5)23-22-43-24-26-46-38-47(28-27-45(46)36-43)48-31-34-54-49(39-48)29-30-50-40-52(32-35-55(50)54)63-60-20-13-11-18-58(60)62(51-15-9-8-10-16-51)59-19-12-14-21-61(59)63;2*1-2/h7-40,42H,6H2,1-5H3;1-2H3;1-2H/b17-7-,23-22+;;. The molecule has 1 aliphatic heterocycles. The summed E-state index contributed by atoms with van der Waals surface area (Å²) in [5, 5.41) is 7.45. The molecule has 0 saturated carbocycles. The number of hydrogen-bond acceptors (Lipinski definition) is 2. The molecule has 0 amide bonds. The molecule has 0 fully saturated rings. The van der Waals surface area contributed by atoms with E-state index in [9.17, 15) is 0 Å². The lowest BCUT2D eigenvalue weighted by atomic mass is 9.88. The van der Waals surface area contributed by atoms with E-state index >= 15 is 0 Å². The van der Waals surface area contributed by atoms with Gasteiger partial charge >= 0.3 is 0 Å². The molecule has 0 radical (unpaired) electrons. The minimum absolute atomic E-state index is 0.430. The summed E-state index contributed by atoms with van der Waals surface area (Å²) < 4.78 is 0. The monoisotopic (exact) mass is 868 g/mol. The molecule has 9 aromatic carbocycles. The maximum atomic E-state index is 4.00. The van der Waals surface area contributed by atoms with E-state index in [0.29, 0.717) is 5.92 Å². The number of rotatable bonds is 9. The molecule has 10 rings (SSSR count). The van der Waals surface area contributed by atoms with Gasteiger partial charge in [0.1, 0.15) is 0 Å². The number of benzene rings is 9. The lowest BCUT2D eigenvalue weighted by molar-refractivity contribution is 0.862. The van der Waals surface area contributed by atoms with Gasteiger partial charge in [0.05, 0.1) is 22.7 Å². The molecule has 0 spiro atoms. The van der Waals surface area contributed by atoms with Gasteiger partial charge in [0, 0.05) is 11.4 Å². The molecular formula is C65H60N2. The number of fused-ring (bicyclic) bond motifs is 6. The Balaban J connectivity index is 0.00000148. The molecule has 0 atom stereocenters. The van der Waals surface area contributed by atoms with Crippen LogP contribution in [0.5, 0.6) is 0 Å². The zero-order chi connectivity index (χ0) is 47.0. The third kappa shape index (κ3) is 9.20. The van der Waals surface area contributed by atoms with Gasteiger partial charge < -0.3 is 9.80 Å². The summed E-state index contributed by atoms with van der Waals surface area (Å²) in [7, 11) is 0. The Kier molecular flexibility index (Phi) is 14.0. The van der Waals surface area contributed by atoms with Crippen molar-refractivity contribution in [2.75, 3.05) is 9.80 Å². The van der Waals surface area contributed by atoms with Crippen LogP contribution in [0.15, 0.2) is 200 Å². The third-order valence-corrected chi connectivity index (χ3v) is 12.5. The van der Waals surface area contributed by atoms with Crippen LogP contribution in [0.1, 0.15) is 83.1 Å². The average Bonchev–Trinajstić information content (AvgIpc) is 3.38. The second-order valence-electron chi connectivity index (χ2n) is 17.3. The lowest BCUT2D eigenvalue weighted by Crippen LogP contribution is -2.23. The van der Waals surface area contributed by atoms with Crippen LogP contribution in [-0.4, -0.2) is 0 Å². The Morgan fingerprint density at radius 3 is 1.57 bits per heavy atom. The van der Waals surface area contributed by atoms with Gasteiger partial charge in [-0.2, -0.15) is 0 Å². The van der Waals surface area contributed by atoms with Gasteiger partial charge in [-0.15, -0.1) is 12.8 Å². The summed E-state index contributed by atoms with van der Waals surface area (Å²) in [6.07, 6.45) is 18.1. The first kappa shape index (κ1) is 45.7. The summed E-state index contributed by atoms with van der Waals surface area (Å²) in [4.78, 5) is 4.78. The topological polar surface area (TPSA) is 6.48 Å². The number of terminal acetylenes is 1. The predicted octanol–water partition coefficient (Wildman–Crippen LogP) is 19.4. The fourth-order valence-corrected chi connectivity index (χ4v) is 9.36. The van der Waals surface area contributed by atoms with Crippen molar-refractivity contribution in [3.05, 3.63) is 222 Å². The Morgan fingerprint density at radius 1 is 0.493 bits per heavy atom. The molecule has 9 aromatic rings. The molecule has 330 valence electrons. The Bertz CT molecular complexity index is 3270. The Hall–Kier alpha value is -7.86. The van der Waals surface area contributed by atoms with E-state index in [1.54, 1.807) is 0 Å². The summed E-state index contributed by atoms with van der Waals surface area (Å²) in [5.41, 5.74) is 17.2. The van der Waals surface area contributed by atoms with Crippen LogP contribution >= 0.6 is 0 Å². The molecule has 2 nitrogen and oxygen atoms in total. The second-order valence-corrected chi connectivity index (χ2v) is 17.3. The second kappa shape index (κ2) is 20.5. The van der Waals surface area contributed by atoms with Crippen molar-refractivity contribution in [1.29, 1.82) is 0 Å². The lowest BCUT2D eigenvalue weighted by Gasteiger charge is -2.40. The Morgan fingerprint density at radius 2 is 0.970 bits per heavy atom. The predicted molar refractivity (Wildman–Crippen MR) is 296 cm³/mol. The highest BCUT2D eigenvalue weighted by Crippen LogP contribution is 2.54. The van der Waals surface area contributed by atoms with Gasteiger partial charge in [0.2, 0.25) is 0 Å². The Labute approximate surface area is 398 Å². The molecule has 2 heteroatoms.